The molecule has 0 aliphatic heterocycles. The molecule has 1 fully saturated rings. The minimum absolute atomic E-state index is 0.146. The van der Waals surface area contributed by atoms with Crippen molar-refractivity contribution in [2.75, 3.05) is 5.32 Å². The van der Waals surface area contributed by atoms with E-state index < -0.39 is 0 Å². The monoisotopic (exact) mass is 279 g/mol. The van der Waals surface area contributed by atoms with E-state index in [0.29, 0.717) is 23.1 Å². The van der Waals surface area contributed by atoms with Gasteiger partial charge in [0.1, 0.15) is 23.5 Å². The zero-order valence-corrected chi connectivity index (χ0v) is 11.2. The third kappa shape index (κ3) is 2.24. The molecule has 104 valence electrons. The van der Waals surface area contributed by atoms with Crippen LogP contribution < -0.4 is 10.9 Å². The van der Waals surface area contributed by atoms with E-state index in [1.165, 1.54) is 29.8 Å². The molecule has 3 aromatic rings. The maximum absolute atomic E-state index is 12.4. The Labute approximate surface area is 120 Å². The van der Waals surface area contributed by atoms with E-state index in [-0.39, 0.29) is 5.56 Å². The summed E-state index contributed by atoms with van der Waals surface area (Å²) in [5.41, 5.74) is 1.90. The summed E-state index contributed by atoms with van der Waals surface area (Å²) in [4.78, 5) is 25.1. The van der Waals surface area contributed by atoms with Gasteiger partial charge in [0.05, 0.1) is 6.20 Å². The van der Waals surface area contributed by atoms with Gasteiger partial charge < -0.3 is 5.32 Å². The first-order chi connectivity index (χ1) is 10.3. The van der Waals surface area contributed by atoms with Gasteiger partial charge in [-0.2, -0.15) is 0 Å². The summed E-state index contributed by atoms with van der Waals surface area (Å²) >= 11 is 0. The fraction of sp³-hybridized carbons (Fsp3) is 0.200. The van der Waals surface area contributed by atoms with E-state index in [1.54, 1.807) is 18.3 Å². The lowest BCUT2D eigenvalue weighted by molar-refractivity contribution is 0.987. The number of aromatic nitrogens is 4. The van der Waals surface area contributed by atoms with Gasteiger partial charge in [0.2, 0.25) is 0 Å². The van der Waals surface area contributed by atoms with Crippen LogP contribution in [0.4, 0.5) is 11.5 Å². The SMILES string of the molecule is O=c1c(Nc2cc(C3CC3)ncn2)cnc2ccccn12. The van der Waals surface area contributed by atoms with Crippen LogP contribution in [0.5, 0.6) is 0 Å². The van der Waals surface area contributed by atoms with Gasteiger partial charge in [-0.25, -0.2) is 15.0 Å². The van der Waals surface area contributed by atoms with Crippen LogP contribution in [0.2, 0.25) is 0 Å². The first-order valence-corrected chi connectivity index (χ1v) is 6.86. The largest absolute Gasteiger partial charge is 0.334 e. The van der Waals surface area contributed by atoms with Crippen LogP contribution in [0.3, 0.4) is 0 Å². The average molecular weight is 279 g/mol. The maximum Gasteiger partial charge on any atom is 0.281 e. The molecule has 0 bridgehead atoms. The predicted molar refractivity (Wildman–Crippen MR) is 78.8 cm³/mol. The van der Waals surface area contributed by atoms with Crippen LogP contribution in [0.25, 0.3) is 5.65 Å². The number of pyridine rings is 1. The molecule has 0 unspecified atom stereocenters. The molecular weight excluding hydrogens is 266 g/mol. The Morgan fingerprint density at radius 2 is 2.10 bits per heavy atom. The maximum atomic E-state index is 12.4. The minimum Gasteiger partial charge on any atom is -0.334 e. The average Bonchev–Trinajstić information content (AvgIpc) is 3.36. The van der Waals surface area contributed by atoms with Gasteiger partial charge in [-0.05, 0) is 25.0 Å². The van der Waals surface area contributed by atoms with E-state index in [1.807, 2.05) is 12.1 Å². The van der Waals surface area contributed by atoms with Crippen molar-refractivity contribution in [3.63, 3.8) is 0 Å². The molecule has 3 heterocycles. The molecule has 4 rings (SSSR count). The Bertz CT molecular complexity index is 869. The molecule has 0 saturated heterocycles. The van der Waals surface area contributed by atoms with E-state index in [4.69, 9.17) is 0 Å². The van der Waals surface area contributed by atoms with Crippen molar-refractivity contribution in [2.24, 2.45) is 0 Å². The van der Waals surface area contributed by atoms with Crippen molar-refractivity contribution in [3.8, 4) is 0 Å². The van der Waals surface area contributed by atoms with Crippen LogP contribution in [0.1, 0.15) is 24.5 Å². The molecule has 0 spiro atoms. The molecule has 0 atom stereocenters. The summed E-state index contributed by atoms with van der Waals surface area (Å²) < 4.78 is 1.51. The number of hydrogen-bond acceptors (Lipinski definition) is 5. The lowest BCUT2D eigenvalue weighted by Gasteiger charge is -2.07. The second kappa shape index (κ2) is 4.66. The quantitative estimate of drug-likeness (QED) is 0.795. The second-order valence-electron chi connectivity index (χ2n) is 5.13. The molecule has 1 N–H and O–H groups in total. The lowest BCUT2D eigenvalue weighted by Crippen LogP contribution is -2.18. The third-order valence-corrected chi connectivity index (χ3v) is 3.56. The number of rotatable bonds is 3. The van der Waals surface area contributed by atoms with Gasteiger partial charge in [-0.1, -0.05) is 6.07 Å². The van der Waals surface area contributed by atoms with E-state index in [0.717, 1.165) is 5.69 Å². The third-order valence-electron chi connectivity index (χ3n) is 3.56. The zero-order valence-electron chi connectivity index (χ0n) is 11.2. The van der Waals surface area contributed by atoms with Crippen molar-refractivity contribution in [2.45, 2.75) is 18.8 Å². The summed E-state index contributed by atoms with van der Waals surface area (Å²) in [5.74, 6) is 1.17. The van der Waals surface area contributed by atoms with E-state index in [2.05, 4.69) is 20.3 Å². The summed E-state index contributed by atoms with van der Waals surface area (Å²) in [7, 11) is 0. The molecule has 0 amide bonds. The van der Waals surface area contributed by atoms with Crippen LogP contribution in [-0.4, -0.2) is 19.4 Å². The molecule has 6 nitrogen and oxygen atoms in total. The first-order valence-electron chi connectivity index (χ1n) is 6.86. The number of nitrogens with zero attached hydrogens (tertiary/aromatic N) is 4. The van der Waals surface area contributed by atoms with Gasteiger partial charge in [-0.3, -0.25) is 9.20 Å². The van der Waals surface area contributed by atoms with Gasteiger partial charge in [0.25, 0.3) is 5.56 Å². The highest BCUT2D eigenvalue weighted by Crippen LogP contribution is 2.39. The smallest absolute Gasteiger partial charge is 0.281 e. The van der Waals surface area contributed by atoms with Crippen LogP contribution in [0, 0.1) is 0 Å². The lowest BCUT2D eigenvalue weighted by atomic mass is 10.3. The van der Waals surface area contributed by atoms with Crippen molar-refractivity contribution in [1.29, 1.82) is 0 Å². The highest BCUT2D eigenvalue weighted by atomic mass is 16.1. The highest BCUT2D eigenvalue weighted by Gasteiger charge is 2.25. The summed E-state index contributed by atoms with van der Waals surface area (Å²) in [5, 5.41) is 3.04. The predicted octanol–water partition coefficient (Wildman–Crippen LogP) is 2.11. The molecule has 1 saturated carbocycles. The van der Waals surface area contributed by atoms with Gasteiger partial charge in [-0.15, -0.1) is 0 Å². The molecule has 0 radical (unpaired) electrons. The van der Waals surface area contributed by atoms with Crippen molar-refractivity contribution < 1.29 is 0 Å². The number of hydrogen-bond donors (Lipinski definition) is 1. The molecule has 0 aromatic carbocycles. The minimum atomic E-state index is -0.146. The highest BCUT2D eigenvalue weighted by molar-refractivity contribution is 5.56. The Kier molecular flexibility index (Phi) is 2.67. The second-order valence-corrected chi connectivity index (χ2v) is 5.13. The Morgan fingerprint density at radius 1 is 1.19 bits per heavy atom. The normalized spacial score (nSPS) is 14.3. The summed E-state index contributed by atoms with van der Waals surface area (Å²) in [6.45, 7) is 0. The summed E-state index contributed by atoms with van der Waals surface area (Å²) in [6.07, 6.45) is 7.12. The zero-order chi connectivity index (χ0) is 14.2. The first kappa shape index (κ1) is 12.0. The molecule has 21 heavy (non-hydrogen) atoms. The van der Waals surface area contributed by atoms with E-state index in [9.17, 15) is 4.79 Å². The number of nitrogens with one attached hydrogen (secondary N) is 1. The number of fused-ring (bicyclic) bond motifs is 1. The van der Waals surface area contributed by atoms with Gasteiger partial charge >= 0.3 is 0 Å². The van der Waals surface area contributed by atoms with Crippen molar-refractivity contribution >= 4 is 17.2 Å². The molecule has 1 aliphatic rings. The fourth-order valence-corrected chi connectivity index (χ4v) is 2.29. The van der Waals surface area contributed by atoms with Gasteiger partial charge in [0, 0.05) is 23.9 Å². The van der Waals surface area contributed by atoms with Crippen molar-refractivity contribution in [3.05, 3.63) is 59.0 Å². The molecular formula is C15H13N5O. The number of anilines is 2. The van der Waals surface area contributed by atoms with Crippen molar-refractivity contribution in [1.82, 2.24) is 19.4 Å². The van der Waals surface area contributed by atoms with Crippen LogP contribution >= 0.6 is 0 Å². The van der Waals surface area contributed by atoms with Crippen LogP contribution in [-0.2, 0) is 0 Å². The molecule has 1 aliphatic carbocycles. The van der Waals surface area contributed by atoms with E-state index >= 15 is 0 Å². The Hall–Kier alpha value is -2.76. The molecule has 3 aromatic heterocycles. The summed E-state index contributed by atoms with van der Waals surface area (Å²) in [6, 6.07) is 7.34. The Morgan fingerprint density at radius 3 is 2.95 bits per heavy atom. The van der Waals surface area contributed by atoms with Gasteiger partial charge in [0.15, 0.2) is 0 Å². The standard InChI is InChI=1S/C15H13N5O/c21-15-12(8-16-14-3-1-2-6-20(14)15)19-13-7-11(10-4-5-10)17-9-18-13/h1-3,6-10H,4-5H2,(H,17,18,19). The fourth-order valence-electron chi connectivity index (χ4n) is 2.29. The Balaban J connectivity index is 1.72. The topological polar surface area (TPSA) is 72.2 Å². The molecule has 6 heteroatoms. The van der Waals surface area contributed by atoms with Crippen LogP contribution in [0.15, 0.2) is 47.8 Å².